The number of methoxy groups -OCH3 is 1. The lowest BCUT2D eigenvalue weighted by molar-refractivity contribution is -0.127. The molecule has 8 heteroatoms. The van der Waals surface area contributed by atoms with E-state index in [2.05, 4.69) is 21.9 Å². The number of thioether (sulfide) groups is 1. The Morgan fingerprint density at radius 2 is 1.86 bits per heavy atom. The first kappa shape index (κ1) is 20.2. The summed E-state index contributed by atoms with van der Waals surface area (Å²) in [5.74, 6) is -0.0523. The van der Waals surface area contributed by atoms with Gasteiger partial charge in [-0.05, 0) is 23.8 Å². The average molecular weight is 406 g/mol. The van der Waals surface area contributed by atoms with Crippen LogP contribution in [0.4, 0.5) is 0 Å². The fourth-order valence-corrected chi connectivity index (χ4v) is 3.34. The minimum Gasteiger partial charge on any atom is -0.497 e. The predicted octanol–water partition coefficient (Wildman–Crippen LogP) is 2.60. The van der Waals surface area contributed by atoms with Crippen molar-refractivity contribution in [1.82, 2.24) is 15.8 Å². The smallest absolute Gasteiger partial charge is 0.248 e. The van der Waals surface area contributed by atoms with E-state index in [-0.39, 0.29) is 18.1 Å². The number of benzene rings is 2. The molecule has 1 heterocycles. The lowest BCUT2D eigenvalue weighted by Gasteiger charge is -2.09. The summed E-state index contributed by atoms with van der Waals surface area (Å²) in [4.78, 5) is 28.4. The largest absolute Gasteiger partial charge is 0.497 e. The molecule has 3 aromatic rings. The number of amides is 2. The molecule has 2 aromatic carbocycles. The number of hydrazine groups is 1. The fraction of sp³-hybridized carbons (Fsp3) is 0.143. The highest BCUT2D eigenvalue weighted by atomic mass is 32.2. The highest BCUT2D eigenvalue weighted by molar-refractivity contribution is 8.00. The van der Waals surface area contributed by atoms with Gasteiger partial charge in [0.1, 0.15) is 16.8 Å². The van der Waals surface area contributed by atoms with Crippen LogP contribution < -0.4 is 15.6 Å². The van der Waals surface area contributed by atoms with Crippen molar-refractivity contribution in [3.05, 3.63) is 65.7 Å². The first-order valence-corrected chi connectivity index (χ1v) is 9.71. The number of nitriles is 1. The highest BCUT2D eigenvalue weighted by Crippen LogP contribution is 2.26. The Morgan fingerprint density at radius 1 is 1.10 bits per heavy atom. The zero-order chi connectivity index (χ0) is 20.6. The quantitative estimate of drug-likeness (QED) is 0.482. The van der Waals surface area contributed by atoms with Gasteiger partial charge in [-0.25, -0.2) is 4.98 Å². The summed E-state index contributed by atoms with van der Waals surface area (Å²) in [5.41, 5.74) is 6.66. The second-order valence-corrected chi connectivity index (χ2v) is 7.02. The van der Waals surface area contributed by atoms with Crippen molar-refractivity contribution >= 4 is 34.5 Å². The number of fused-ring (bicyclic) bond motifs is 1. The Hall–Kier alpha value is -3.57. The summed E-state index contributed by atoms with van der Waals surface area (Å²) < 4.78 is 5.20. The van der Waals surface area contributed by atoms with Crippen molar-refractivity contribution in [2.45, 2.75) is 11.4 Å². The summed E-state index contributed by atoms with van der Waals surface area (Å²) in [6, 6.07) is 18.4. The maximum atomic E-state index is 12.1. The van der Waals surface area contributed by atoms with Crippen molar-refractivity contribution < 1.29 is 14.3 Å². The van der Waals surface area contributed by atoms with Crippen LogP contribution >= 0.6 is 11.8 Å². The number of carbonyl (C=O) groups excluding carboxylic acids is 2. The van der Waals surface area contributed by atoms with E-state index >= 15 is 0 Å². The third-order valence-electron chi connectivity index (χ3n) is 4.00. The molecule has 3 rings (SSSR count). The molecule has 0 radical (unpaired) electrons. The van der Waals surface area contributed by atoms with Crippen LogP contribution in [0.15, 0.2) is 59.6 Å². The van der Waals surface area contributed by atoms with E-state index in [1.54, 1.807) is 25.3 Å². The van der Waals surface area contributed by atoms with Gasteiger partial charge in [0.25, 0.3) is 0 Å². The third kappa shape index (κ3) is 5.46. The van der Waals surface area contributed by atoms with E-state index in [1.807, 2.05) is 36.4 Å². The number of ether oxygens (including phenoxy) is 1. The van der Waals surface area contributed by atoms with Gasteiger partial charge in [-0.15, -0.1) is 0 Å². The van der Waals surface area contributed by atoms with E-state index in [9.17, 15) is 14.9 Å². The van der Waals surface area contributed by atoms with E-state index in [1.165, 1.54) is 0 Å². The molecule has 0 saturated heterocycles. The normalized spacial score (nSPS) is 10.2. The van der Waals surface area contributed by atoms with E-state index < -0.39 is 5.91 Å². The molecule has 0 atom stereocenters. The van der Waals surface area contributed by atoms with Crippen LogP contribution in [0.1, 0.15) is 11.1 Å². The van der Waals surface area contributed by atoms with Crippen LogP contribution in [-0.2, 0) is 16.0 Å². The molecule has 0 bridgehead atoms. The molecular weight excluding hydrogens is 388 g/mol. The van der Waals surface area contributed by atoms with E-state index in [0.717, 1.165) is 22.7 Å². The molecule has 7 nitrogen and oxygen atoms in total. The Labute approximate surface area is 172 Å². The number of nitrogens with one attached hydrogen (secondary N) is 2. The Balaban J connectivity index is 1.58. The Kier molecular flexibility index (Phi) is 6.66. The molecule has 2 amide bonds. The van der Waals surface area contributed by atoms with Crippen LogP contribution in [0.5, 0.6) is 5.75 Å². The molecule has 0 fully saturated rings. The predicted molar refractivity (Wildman–Crippen MR) is 110 cm³/mol. The maximum Gasteiger partial charge on any atom is 0.248 e. The van der Waals surface area contributed by atoms with Crippen molar-refractivity contribution in [2.75, 3.05) is 12.9 Å². The molecule has 0 unspecified atom stereocenters. The fourth-order valence-electron chi connectivity index (χ4n) is 2.58. The van der Waals surface area contributed by atoms with Crippen LogP contribution in [0.3, 0.4) is 0 Å². The summed E-state index contributed by atoms with van der Waals surface area (Å²) in [6.45, 7) is 0. The molecule has 0 aliphatic heterocycles. The topological polar surface area (TPSA) is 104 Å². The van der Waals surface area contributed by atoms with Crippen LogP contribution in [-0.4, -0.2) is 29.7 Å². The van der Waals surface area contributed by atoms with Crippen molar-refractivity contribution in [3.8, 4) is 11.8 Å². The van der Waals surface area contributed by atoms with Crippen LogP contribution in [0.2, 0.25) is 0 Å². The first-order chi connectivity index (χ1) is 14.1. The van der Waals surface area contributed by atoms with E-state index in [4.69, 9.17) is 4.74 Å². The lowest BCUT2D eigenvalue weighted by Crippen LogP contribution is -2.43. The number of hydrogen-bond donors (Lipinski definition) is 2. The summed E-state index contributed by atoms with van der Waals surface area (Å²) in [6.07, 6.45) is 0.168. The number of pyridine rings is 1. The van der Waals surface area contributed by atoms with Gasteiger partial charge < -0.3 is 4.74 Å². The molecule has 2 N–H and O–H groups in total. The first-order valence-electron chi connectivity index (χ1n) is 8.72. The molecule has 0 aliphatic rings. The second kappa shape index (κ2) is 9.57. The van der Waals surface area contributed by atoms with Gasteiger partial charge in [0, 0.05) is 11.5 Å². The molecule has 0 aliphatic carbocycles. The molecule has 0 saturated carbocycles. The number of carbonyl (C=O) groups is 2. The minimum absolute atomic E-state index is 0.00275. The number of rotatable bonds is 6. The summed E-state index contributed by atoms with van der Waals surface area (Å²) >= 11 is 1.13. The molecular formula is C21H18N4O3S. The maximum absolute atomic E-state index is 12.1. The Bertz CT molecular complexity index is 1080. The van der Waals surface area contributed by atoms with Gasteiger partial charge in [0.15, 0.2) is 0 Å². The third-order valence-corrected chi connectivity index (χ3v) is 4.99. The standard InChI is InChI=1S/C21H18N4O3S/c1-28-17-8-7-15-10-16(12-22)21(23-18(15)11-17)29-13-20(27)25-24-19(26)9-14-5-3-2-4-6-14/h2-8,10-11H,9,13H2,1H3,(H,24,26)(H,25,27). The van der Waals surface area contributed by atoms with Gasteiger partial charge in [0.05, 0.1) is 30.4 Å². The zero-order valence-electron chi connectivity index (χ0n) is 15.6. The van der Waals surface area contributed by atoms with Crippen LogP contribution in [0, 0.1) is 11.3 Å². The number of hydrogen-bond acceptors (Lipinski definition) is 6. The van der Waals surface area contributed by atoms with Crippen molar-refractivity contribution in [2.24, 2.45) is 0 Å². The van der Waals surface area contributed by atoms with Gasteiger partial charge in [-0.1, -0.05) is 42.1 Å². The molecule has 146 valence electrons. The molecule has 0 spiro atoms. The second-order valence-electron chi connectivity index (χ2n) is 6.06. The Morgan fingerprint density at radius 3 is 2.59 bits per heavy atom. The van der Waals surface area contributed by atoms with Gasteiger partial charge >= 0.3 is 0 Å². The minimum atomic E-state index is -0.396. The summed E-state index contributed by atoms with van der Waals surface area (Å²) in [7, 11) is 1.57. The van der Waals surface area contributed by atoms with Gasteiger partial charge in [0.2, 0.25) is 11.8 Å². The summed E-state index contributed by atoms with van der Waals surface area (Å²) in [5, 5.41) is 10.6. The lowest BCUT2D eigenvalue weighted by atomic mass is 10.1. The van der Waals surface area contributed by atoms with Crippen molar-refractivity contribution in [3.63, 3.8) is 0 Å². The van der Waals surface area contributed by atoms with Gasteiger partial charge in [-0.2, -0.15) is 5.26 Å². The highest BCUT2D eigenvalue weighted by Gasteiger charge is 2.12. The molecule has 1 aromatic heterocycles. The number of aromatic nitrogens is 1. The SMILES string of the molecule is COc1ccc2cc(C#N)c(SCC(=O)NNC(=O)Cc3ccccc3)nc2c1. The van der Waals surface area contributed by atoms with Gasteiger partial charge in [-0.3, -0.25) is 20.4 Å². The number of nitrogens with zero attached hydrogens (tertiary/aromatic N) is 2. The monoisotopic (exact) mass is 406 g/mol. The average Bonchev–Trinajstić information content (AvgIpc) is 2.75. The van der Waals surface area contributed by atoms with Crippen LogP contribution in [0.25, 0.3) is 10.9 Å². The van der Waals surface area contributed by atoms with E-state index in [0.29, 0.717) is 21.9 Å². The molecule has 29 heavy (non-hydrogen) atoms. The van der Waals surface area contributed by atoms with Crippen molar-refractivity contribution in [1.29, 1.82) is 5.26 Å². The zero-order valence-corrected chi connectivity index (χ0v) is 16.5.